The first-order valence-corrected chi connectivity index (χ1v) is 9.59. The standard InChI is InChI=1S/C21H25N3O2/c1-14-12-15(9-10-22-14)7-8-17-5-3-11-24(17)21(26)18-13-16-4-2-6-19(16)23-20(18)25/h9-10,12-13,17H,2-8,11H2,1H3,(H,23,25)/t17-/m0/s1. The maximum atomic E-state index is 13.0. The lowest BCUT2D eigenvalue weighted by Gasteiger charge is -2.25. The molecule has 0 aromatic carbocycles. The van der Waals surface area contributed by atoms with Crippen LogP contribution >= 0.6 is 0 Å². The van der Waals surface area contributed by atoms with Crippen LogP contribution in [0.5, 0.6) is 0 Å². The number of aromatic amines is 1. The second kappa shape index (κ2) is 7.06. The minimum Gasteiger partial charge on any atom is -0.335 e. The molecule has 1 amide bonds. The third-order valence-electron chi connectivity index (χ3n) is 5.68. The van der Waals surface area contributed by atoms with E-state index >= 15 is 0 Å². The molecule has 1 N–H and O–H groups in total. The van der Waals surface area contributed by atoms with Crippen LogP contribution in [0.15, 0.2) is 29.2 Å². The second-order valence-electron chi connectivity index (χ2n) is 7.51. The molecule has 0 radical (unpaired) electrons. The summed E-state index contributed by atoms with van der Waals surface area (Å²) in [5.41, 5.74) is 4.51. The number of amides is 1. The number of aromatic nitrogens is 2. The van der Waals surface area contributed by atoms with Crippen LogP contribution in [0.2, 0.25) is 0 Å². The third kappa shape index (κ3) is 3.30. The third-order valence-corrected chi connectivity index (χ3v) is 5.68. The molecule has 2 aliphatic rings. The lowest BCUT2D eigenvalue weighted by atomic mass is 10.0. The van der Waals surface area contributed by atoms with Crippen molar-refractivity contribution < 1.29 is 4.79 Å². The largest absolute Gasteiger partial charge is 0.335 e. The highest BCUT2D eigenvalue weighted by molar-refractivity contribution is 5.94. The van der Waals surface area contributed by atoms with Gasteiger partial charge in [-0.2, -0.15) is 0 Å². The molecule has 1 atom stereocenters. The number of carbonyl (C=O) groups is 1. The van der Waals surface area contributed by atoms with Crippen molar-refractivity contribution in [2.24, 2.45) is 0 Å². The lowest BCUT2D eigenvalue weighted by molar-refractivity contribution is 0.0728. The van der Waals surface area contributed by atoms with Crippen LogP contribution in [0.1, 0.15) is 58.6 Å². The highest BCUT2D eigenvalue weighted by Gasteiger charge is 2.31. The number of likely N-dealkylation sites (tertiary alicyclic amines) is 1. The minimum atomic E-state index is -0.231. The Morgan fingerprint density at radius 2 is 2.19 bits per heavy atom. The van der Waals surface area contributed by atoms with Crippen molar-refractivity contribution in [3.05, 3.63) is 62.8 Å². The van der Waals surface area contributed by atoms with Gasteiger partial charge < -0.3 is 9.88 Å². The van der Waals surface area contributed by atoms with Gasteiger partial charge in [-0.3, -0.25) is 14.6 Å². The van der Waals surface area contributed by atoms with Gasteiger partial charge in [-0.1, -0.05) is 0 Å². The van der Waals surface area contributed by atoms with Gasteiger partial charge in [0.2, 0.25) is 0 Å². The van der Waals surface area contributed by atoms with Gasteiger partial charge in [-0.15, -0.1) is 0 Å². The van der Waals surface area contributed by atoms with E-state index in [9.17, 15) is 9.59 Å². The predicted octanol–water partition coefficient (Wildman–Crippen LogP) is 2.80. The topological polar surface area (TPSA) is 66.1 Å². The zero-order chi connectivity index (χ0) is 18.1. The molecule has 2 aromatic rings. The number of hydrogen-bond acceptors (Lipinski definition) is 3. The van der Waals surface area contributed by atoms with Crippen LogP contribution in [0.4, 0.5) is 0 Å². The van der Waals surface area contributed by atoms with E-state index in [1.165, 1.54) is 5.56 Å². The maximum absolute atomic E-state index is 13.0. The van der Waals surface area contributed by atoms with E-state index in [0.717, 1.165) is 68.4 Å². The average Bonchev–Trinajstić information content (AvgIpc) is 3.27. The summed E-state index contributed by atoms with van der Waals surface area (Å²) >= 11 is 0. The van der Waals surface area contributed by atoms with Crippen LogP contribution in [-0.4, -0.2) is 33.4 Å². The molecule has 136 valence electrons. The lowest BCUT2D eigenvalue weighted by Crippen LogP contribution is -2.38. The van der Waals surface area contributed by atoms with Gasteiger partial charge in [0.1, 0.15) is 5.56 Å². The van der Waals surface area contributed by atoms with Crippen LogP contribution < -0.4 is 5.56 Å². The fourth-order valence-electron chi connectivity index (χ4n) is 4.32. The molecule has 1 aliphatic heterocycles. The van der Waals surface area contributed by atoms with E-state index in [1.54, 1.807) is 0 Å². The number of hydrogen-bond donors (Lipinski definition) is 1. The van der Waals surface area contributed by atoms with E-state index < -0.39 is 0 Å². The molecule has 0 unspecified atom stereocenters. The first-order chi connectivity index (χ1) is 12.6. The molecular formula is C21H25N3O2. The van der Waals surface area contributed by atoms with Crippen molar-refractivity contribution in [1.29, 1.82) is 0 Å². The predicted molar refractivity (Wildman–Crippen MR) is 100 cm³/mol. The molecule has 1 saturated heterocycles. The van der Waals surface area contributed by atoms with Gasteiger partial charge in [0.05, 0.1) is 0 Å². The van der Waals surface area contributed by atoms with Crippen molar-refractivity contribution in [1.82, 2.24) is 14.9 Å². The maximum Gasteiger partial charge on any atom is 0.261 e. The summed E-state index contributed by atoms with van der Waals surface area (Å²) in [6.07, 6.45) is 8.64. The molecule has 0 bridgehead atoms. The van der Waals surface area contributed by atoms with E-state index in [-0.39, 0.29) is 17.5 Å². The molecular weight excluding hydrogens is 326 g/mol. The average molecular weight is 351 g/mol. The Morgan fingerprint density at radius 3 is 3.04 bits per heavy atom. The molecule has 2 aromatic heterocycles. The Morgan fingerprint density at radius 1 is 1.31 bits per heavy atom. The van der Waals surface area contributed by atoms with Crippen molar-refractivity contribution in [2.75, 3.05) is 6.54 Å². The molecule has 26 heavy (non-hydrogen) atoms. The highest BCUT2D eigenvalue weighted by Crippen LogP contribution is 2.25. The fraction of sp³-hybridized carbons (Fsp3) is 0.476. The number of carbonyl (C=O) groups excluding carboxylic acids is 1. The SMILES string of the molecule is Cc1cc(CC[C@@H]2CCCN2C(=O)c2cc3c([nH]c2=O)CCC3)ccn1. The second-order valence-corrected chi connectivity index (χ2v) is 7.51. The summed E-state index contributed by atoms with van der Waals surface area (Å²) in [6.45, 7) is 2.74. The number of H-pyrrole nitrogens is 1. The number of nitrogens with zero attached hydrogens (tertiary/aromatic N) is 2. The van der Waals surface area contributed by atoms with Crippen LogP contribution in [0.3, 0.4) is 0 Å². The van der Waals surface area contributed by atoms with Crippen LogP contribution in [-0.2, 0) is 19.3 Å². The Hall–Kier alpha value is -2.43. The molecule has 1 aliphatic carbocycles. The molecule has 4 rings (SSSR count). The van der Waals surface area contributed by atoms with Gasteiger partial charge in [0.25, 0.3) is 11.5 Å². The molecule has 0 saturated carbocycles. The number of fused-ring (bicyclic) bond motifs is 1. The summed E-state index contributed by atoms with van der Waals surface area (Å²) in [4.78, 5) is 34.5. The number of nitrogens with one attached hydrogen (secondary N) is 1. The van der Waals surface area contributed by atoms with Crippen LogP contribution in [0.25, 0.3) is 0 Å². The van der Waals surface area contributed by atoms with E-state index in [4.69, 9.17) is 0 Å². The summed E-state index contributed by atoms with van der Waals surface area (Å²) in [6, 6.07) is 6.19. The fourth-order valence-corrected chi connectivity index (χ4v) is 4.32. The van der Waals surface area contributed by atoms with Crippen molar-refractivity contribution >= 4 is 5.91 Å². The highest BCUT2D eigenvalue weighted by atomic mass is 16.2. The molecule has 1 fully saturated rings. The van der Waals surface area contributed by atoms with Gasteiger partial charge >= 0.3 is 0 Å². The Labute approximate surface area is 153 Å². The van der Waals surface area contributed by atoms with Crippen LogP contribution in [0, 0.1) is 6.92 Å². The quantitative estimate of drug-likeness (QED) is 0.921. The van der Waals surface area contributed by atoms with Gasteiger partial charge in [0, 0.05) is 30.2 Å². The van der Waals surface area contributed by atoms with E-state index in [0.29, 0.717) is 5.56 Å². The molecule has 5 heteroatoms. The van der Waals surface area contributed by atoms with Crippen molar-refractivity contribution in [2.45, 2.75) is 57.9 Å². The van der Waals surface area contributed by atoms with Gasteiger partial charge in [-0.05, 0) is 81.2 Å². The van der Waals surface area contributed by atoms with Gasteiger partial charge in [0.15, 0.2) is 0 Å². The minimum absolute atomic E-state index is 0.102. The number of pyridine rings is 2. The molecule has 5 nitrogen and oxygen atoms in total. The summed E-state index contributed by atoms with van der Waals surface area (Å²) in [5, 5.41) is 0. The zero-order valence-electron chi connectivity index (χ0n) is 15.3. The number of rotatable bonds is 4. The Bertz CT molecular complexity index is 887. The first kappa shape index (κ1) is 17.0. The smallest absolute Gasteiger partial charge is 0.261 e. The summed E-state index contributed by atoms with van der Waals surface area (Å²) in [7, 11) is 0. The van der Waals surface area contributed by atoms with Gasteiger partial charge in [-0.25, -0.2) is 0 Å². The Balaban J connectivity index is 1.49. The zero-order valence-corrected chi connectivity index (χ0v) is 15.3. The first-order valence-electron chi connectivity index (χ1n) is 9.59. The Kier molecular flexibility index (Phi) is 4.62. The monoisotopic (exact) mass is 351 g/mol. The van der Waals surface area contributed by atoms with Crippen molar-refractivity contribution in [3.8, 4) is 0 Å². The molecule has 0 spiro atoms. The van der Waals surface area contributed by atoms with E-state index in [2.05, 4.69) is 16.0 Å². The van der Waals surface area contributed by atoms with Crippen molar-refractivity contribution in [3.63, 3.8) is 0 Å². The normalized spacial score (nSPS) is 19.0. The summed E-state index contributed by atoms with van der Waals surface area (Å²) in [5.74, 6) is -0.102. The number of aryl methyl sites for hydroxylation is 4. The van der Waals surface area contributed by atoms with E-state index in [1.807, 2.05) is 30.2 Å². The molecule has 3 heterocycles. The summed E-state index contributed by atoms with van der Waals surface area (Å²) < 4.78 is 0.